The SMILES string of the molecule is CCN/C(=C\C=N)C(=O)NC(C(=O)Nc1cc(N)c(-c2c(C)nn(COCCS(C)(C)C)c2C)c(F)n1)C(C1CC1)C1CC1. The van der Waals surface area contributed by atoms with Crippen molar-refractivity contribution in [2.24, 2.45) is 17.8 Å². The second-order valence-corrected chi connectivity index (χ2v) is 17.2. The minimum atomic E-state index is -0.844. The van der Waals surface area contributed by atoms with Gasteiger partial charge >= 0.3 is 0 Å². The lowest BCUT2D eigenvalue weighted by atomic mass is 9.88. The molecule has 2 aromatic heterocycles. The number of anilines is 2. The third-order valence-electron chi connectivity index (χ3n) is 8.09. The standard InChI is InChI=1S/C31H47FN8O3S/c1-7-35-23(12-13-33)30(41)38-28(26(20-8-9-20)21-10-11-21)31(42)37-24-16-22(34)27(29(32)36-24)25-18(2)39-40(19(25)3)17-43-14-15-44(4,5)6/h12-13,16,20-21,26,28,33,35H,7-11,14-15,17H2,1-6H3,(H,38,41)(H3,34,36,37,42)/b23-12-,33-13?. The van der Waals surface area contributed by atoms with E-state index >= 15 is 4.39 Å². The number of aryl methyl sites for hydroxylation is 1. The first-order chi connectivity index (χ1) is 20.8. The molecule has 2 aromatic rings. The number of ether oxygens (including phenoxy) is 1. The molecule has 1 atom stereocenters. The van der Waals surface area contributed by atoms with Gasteiger partial charge in [-0.05, 0) is 89.1 Å². The number of rotatable bonds is 16. The highest BCUT2D eigenvalue weighted by Crippen LogP contribution is 2.51. The van der Waals surface area contributed by atoms with Crippen LogP contribution < -0.4 is 21.7 Å². The summed E-state index contributed by atoms with van der Waals surface area (Å²) in [6.07, 6.45) is 13.1. The van der Waals surface area contributed by atoms with Crippen molar-refractivity contribution in [1.82, 2.24) is 25.4 Å². The van der Waals surface area contributed by atoms with Gasteiger partial charge in [-0.3, -0.25) is 9.59 Å². The van der Waals surface area contributed by atoms with E-state index in [1.807, 2.05) is 13.8 Å². The molecular formula is C31H47FN8O3S. The number of hydrogen-bond donors (Lipinski definition) is 5. The largest absolute Gasteiger partial charge is 0.398 e. The van der Waals surface area contributed by atoms with E-state index in [9.17, 15) is 9.59 Å². The summed E-state index contributed by atoms with van der Waals surface area (Å²) in [6, 6.07) is 0.597. The molecule has 2 aliphatic carbocycles. The first-order valence-electron chi connectivity index (χ1n) is 15.1. The zero-order valence-corrected chi connectivity index (χ0v) is 27.4. The Labute approximate surface area is 260 Å². The molecule has 11 nitrogen and oxygen atoms in total. The summed E-state index contributed by atoms with van der Waals surface area (Å²) in [5, 5.41) is 20.5. The number of allylic oxidation sites excluding steroid dienone is 1. The second kappa shape index (κ2) is 14.1. The van der Waals surface area contributed by atoms with Gasteiger partial charge in [0.25, 0.3) is 5.91 Å². The van der Waals surface area contributed by atoms with Crippen molar-refractivity contribution in [2.75, 3.05) is 48.7 Å². The second-order valence-electron chi connectivity index (χ2n) is 12.6. The van der Waals surface area contributed by atoms with Crippen LogP contribution in [0.1, 0.15) is 44.0 Å². The van der Waals surface area contributed by atoms with Crippen LogP contribution in [0.3, 0.4) is 0 Å². The van der Waals surface area contributed by atoms with E-state index in [0.29, 0.717) is 41.9 Å². The van der Waals surface area contributed by atoms with Crippen LogP contribution in [0.25, 0.3) is 11.1 Å². The van der Waals surface area contributed by atoms with Crippen LogP contribution >= 0.6 is 10.0 Å². The molecule has 2 heterocycles. The van der Waals surface area contributed by atoms with Gasteiger partial charge in [0, 0.05) is 41.5 Å². The van der Waals surface area contributed by atoms with Gasteiger partial charge in [-0.25, -0.2) is 19.7 Å². The van der Waals surface area contributed by atoms with Gasteiger partial charge in [0.05, 0.1) is 17.9 Å². The molecule has 1 unspecified atom stereocenters. The van der Waals surface area contributed by atoms with Crippen LogP contribution in [-0.4, -0.2) is 76.5 Å². The van der Waals surface area contributed by atoms with E-state index in [0.717, 1.165) is 37.7 Å². The summed E-state index contributed by atoms with van der Waals surface area (Å²) >= 11 is 0. The maximum atomic E-state index is 15.7. The molecule has 0 bridgehead atoms. The van der Waals surface area contributed by atoms with Crippen LogP contribution in [0.4, 0.5) is 15.9 Å². The molecule has 0 spiro atoms. The molecule has 0 saturated heterocycles. The van der Waals surface area contributed by atoms with E-state index in [1.165, 1.54) is 12.1 Å². The summed E-state index contributed by atoms with van der Waals surface area (Å²) < 4.78 is 23.2. The van der Waals surface area contributed by atoms with Gasteiger partial charge in [-0.1, -0.05) is 0 Å². The van der Waals surface area contributed by atoms with E-state index in [2.05, 4.69) is 44.8 Å². The van der Waals surface area contributed by atoms with Crippen LogP contribution in [0.2, 0.25) is 0 Å². The lowest BCUT2D eigenvalue weighted by Gasteiger charge is -2.28. The van der Waals surface area contributed by atoms with Crippen molar-refractivity contribution in [3.8, 4) is 11.1 Å². The van der Waals surface area contributed by atoms with Crippen molar-refractivity contribution in [3.05, 3.63) is 35.2 Å². The number of nitrogens with zero attached hydrogens (tertiary/aromatic N) is 3. The highest BCUT2D eigenvalue weighted by atomic mass is 32.3. The van der Waals surface area contributed by atoms with Crippen molar-refractivity contribution in [3.63, 3.8) is 0 Å². The number of nitrogens with two attached hydrogens (primary N) is 1. The minimum Gasteiger partial charge on any atom is -0.398 e. The summed E-state index contributed by atoms with van der Waals surface area (Å²) in [4.78, 5) is 30.9. The van der Waals surface area contributed by atoms with E-state index < -0.39 is 33.8 Å². The Bertz CT molecular complexity index is 1380. The molecule has 2 saturated carbocycles. The number of aromatic nitrogens is 3. The number of pyridine rings is 1. The number of carbonyl (C=O) groups excluding carboxylic acids is 2. The summed E-state index contributed by atoms with van der Waals surface area (Å²) in [7, 11) is -0.680. The zero-order valence-electron chi connectivity index (χ0n) is 26.6. The fourth-order valence-electron chi connectivity index (χ4n) is 5.63. The van der Waals surface area contributed by atoms with Crippen LogP contribution in [0.15, 0.2) is 17.8 Å². The third-order valence-corrected chi connectivity index (χ3v) is 9.48. The van der Waals surface area contributed by atoms with Crippen molar-refractivity contribution in [2.45, 2.75) is 59.2 Å². The fraction of sp³-hybridized carbons (Fsp3) is 0.581. The minimum absolute atomic E-state index is 0.0315. The van der Waals surface area contributed by atoms with Gasteiger partial charge < -0.3 is 31.8 Å². The molecule has 2 aliphatic rings. The molecule has 242 valence electrons. The molecule has 2 fully saturated rings. The average molecular weight is 631 g/mol. The summed E-state index contributed by atoms with van der Waals surface area (Å²) in [5.41, 5.74) is 8.64. The smallest absolute Gasteiger partial charge is 0.268 e. The Hall–Kier alpha value is -3.45. The van der Waals surface area contributed by atoms with Gasteiger partial charge in [0.15, 0.2) is 0 Å². The summed E-state index contributed by atoms with van der Waals surface area (Å²) in [6.45, 7) is 6.79. The Balaban J connectivity index is 1.55. The predicted octanol–water partition coefficient (Wildman–Crippen LogP) is 3.95. The fourth-order valence-corrected chi connectivity index (χ4v) is 6.25. The highest BCUT2D eigenvalue weighted by Gasteiger charge is 2.48. The first-order valence-corrected chi connectivity index (χ1v) is 18.2. The van der Waals surface area contributed by atoms with Crippen LogP contribution in [0, 0.1) is 43.0 Å². The van der Waals surface area contributed by atoms with Gasteiger partial charge in [0.2, 0.25) is 11.9 Å². The van der Waals surface area contributed by atoms with E-state index in [4.69, 9.17) is 15.9 Å². The number of halogens is 1. The molecule has 2 amide bonds. The number of likely N-dealkylation sites (N-methyl/N-ethyl adjacent to an activating group) is 1. The monoisotopic (exact) mass is 630 g/mol. The zero-order chi connectivity index (χ0) is 32.2. The normalized spacial score (nSPS) is 16.5. The van der Waals surface area contributed by atoms with Crippen LogP contribution in [0.5, 0.6) is 0 Å². The van der Waals surface area contributed by atoms with Gasteiger partial charge in [-0.2, -0.15) is 9.49 Å². The van der Waals surface area contributed by atoms with E-state index in [-0.39, 0.29) is 35.4 Å². The Morgan fingerprint density at radius 3 is 2.41 bits per heavy atom. The van der Waals surface area contributed by atoms with Crippen molar-refractivity contribution >= 4 is 39.6 Å². The molecule has 0 aliphatic heterocycles. The number of amides is 2. The van der Waals surface area contributed by atoms with E-state index in [1.54, 1.807) is 11.6 Å². The number of nitrogens with one attached hydrogen (secondary N) is 4. The number of carbonyl (C=O) groups is 2. The molecule has 44 heavy (non-hydrogen) atoms. The molecule has 0 aromatic carbocycles. The first kappa shape index (κ1) is 33.4. The van der Waals surface area contributed by atoms with Crippen molar-refractivity contribution < 1.29 is 18.7 Å². The Morgan fingerprint density at radius 2 is 1.86 bits per heavy atom. The van der Waals surface area contributed by atoms with Crippen LogP contribution in [-0.2, 0) is 21.1 Å². The highest BCUT2D eigenvalue weighted by molar-refractivity contribution is 8.32. The quantitative estimate of drug-likeness (QED) is 0.0813. The Kier molecular flexibility index (Phi) is 10.7. The summed E-state index contributed by atoms with van der Waals surface area (Å²) in [5.74, 6) is -0.182. The van der Waals surface area contributed by atoms with Crippen molar-refractivity contribution in [1.29, 1.82) is 5.41 Å². The predicted molar refractivity (Wildman–Crippen MR) is 176 cm³/mol. The average Bonchev–Trinajstić information content (AvgIpc) is 3.87. The third kappa shape index (κ3) is 8.38. The molecular weight excluding hydrogens is 583 g/mol. The Morgan fingerprint density at radius 1 is 1.20 bits per heavy atom. The molecule has 6 N–H and O–H groups in total. The number of nitrogen functional groups attached to an aromatic ring is 1. The lowest BCUT2D eigenvalue weighted by Crippen LogP contribution is -2.51. The molecule has 4 rings (SSSR count). The maximum Gasteiger partial charge on any atom is 0.268 e. The number of hydrogen-bond acceptors (Lipinski definition) is 8. The van der Waals surface area contributed by atoms with Gasteiger partial charge in [0.1, 0.15) is 24.3 Å². The van der Waals surface area contributed by atoms with Gasteiger partial charge in [-0.15, -0.1) is 0 Å². The lowest BCUT2D eigenvalue weighted by molar-refractivity contribution is -0.126. The molecule has 13 heteroatoms. The topological polar surface area (TPSA) is 160 Å². The molecule has 0 radical (unpaired) electrons. The maximum absolute atomic E-state index is 15.7.